The zero-order valence-electron chi connectivity index (χ0n) is 20.0. The lowest BCUT2D eigenvalue weighted by Gasteiger charge is -2.13. The van der Waals surface area contributed by atoms with Gasteiger partial charge in [-0.05, 0) is 88.1 Å². The lowest BCUT2D eigenvalue weighted by atomic mass is 10.0. The van der Waals surface area contributed by atoms with Crippen molar-refractivity contribution in [2.45, 2.75) is 40.0 Å². The molecule has 0 aliphatic carbocycles. The number of hydrogen-bond donors (Lipinski definition) is 0. The molecule has 0 saturated heterocycles. The van der Waals surface area contributed by atoms with Gasteiger partial charge in [0, 0.05) is 17.2 Å². The number of benzene rings is 2. The Kier molecular flexibility index (Phi) is 9.80. The van der Waals surface area contributed by atoms with Crippen molar-refractivity contribution in [1.29, 1.82) is 0 Å². The molecule has 0 bridgehead atoms. The van der Waals surface area contributed by atoms with E-state index in [1.54, 1.807) is 57.7 Å². The molecule has 0 aromatic heterocycles. The van der Waals surface area contributed by atoms with Crippen molar-refractivity contribution in [1.82, 2.24) is 0 Å². The number of ether oxygens (including phenoxy) is 3. The summed E-state index contributed by atoms with van der Waals surface area (Å²) in [6, 6.07) is 11.0. The lowest BCUT2D eigenvalue weighted by molar-refractivity contribution is 0.104. The van der Waals surface area contributed by atoms with Gasteiger partial charge >= 0.3 is 0 Å². The maximum atomic E-state index is 12.6. The molecule has 0 saturated carbocycles. The zero-order valence-corrected chi connectivity index (χ0v) is 20.0. The van der Waals surface area contributed by atoms with E-state index in [1.807, 2.05) is 12.1 Å². The van der Waals surface area contributed by atoms with E-state index in [0.29, 0.717) is 11.3 Å². The van der Waals surface area contributed by atoms with E-state index in [2.05, 4.69) is 32.9 Å². The fourth-order valence-electron chi connectivity index (χ4n) is 3.27. The number of allylic oxidation sites excluding steroid dienone is 5. The maximum absolute atomic E-state index is 12.6. The molecule has 0 heterocycles. The summed E-state index contributed by atoms with van der Waals surface area (Å²) in [5, 5.41) is 0. The van der Waals surface area contributed by atoms with E-state index in [1.165, 1.54) is 11.1 Å². The fourth-order valence-corrected chi connectivity index (χ4v) is 3.27. The second-order valence-corrected chi connectivity index (χ2v) is 7.91. The topological polar surface area (TPSA) is 44.8 Å². The molecule has 0 unspecified atom stereocenters. The molecule has 170 valence electrons. The molecule has 0 aliphatic rings. The molecule has 32 heavy (non-hydrogen) atoms. The van der Waals surface area contributed by atoms with Crippen LogP contribution in [0.5, 0.6) is 17.2 Å². The van der Waals surface area contributed by atoms with E-state index < -0.39 is 0 Å². The van der Waals surface area contributed by atoms with Gasteiger partial charge in [-0.15, -0.1) is 0 Å². The van der Waals surface area contributed by atoms with Crippen molar-refractivity contribution in [2.75, 3.05) is 21.3 Å². The Morgan fingerprint density at radius 3 is 2.16 bits per heavy atom. The number of carbonyl (C=O) groups excluding carboxylic acids is 1. The van der Waals surface area contributed by atoms with Crippen molar-refractivity contribution in [3.63, 3.8) is 0 Å². The summed E-state index contributed by atoms with van der Waals surface area (Å²) < 4.78 is 16.3. The molecule has 0 atom stereocenters. The molecule has 4 heteroatoms. The van der Waals surface area contributed by atoms with Gasteiger partial charge in [0.2, 0.25) is 0 Å². The predicted molar refractivity (Wildman–Crippen MR) is 132 cm³/mol. The standard InChI is InChI=1S/C28H34O4/c1-20(2)8-7-9-21(3)10-11-23-18-24(28(32-6)19-27(23)31-5)14-17-26(29)22-12-15-25(30-4)16-13-22/h8,10,12-19H,7,9,11H2,1-6H3/b17-14+,21-10+. The highest BCUT2D eigenvalue weighted by atomic mass is 16.5. The van der Waals surface area contributed by atoms with Crippen LogP contribution in [0.1, 0.15) is 55.1 Å². The molecule has 2 aromatic carbocycles. The quantitative estimate of drug-likeness (QED) is 0.220. The van der Waals surface area contributed by atoms with Crippen LogP contribution >= 0.6 is 0 Å². The Hall–Kier alpha value is -3.27. The van der Waals surface area contributed by atoms with Gasteiger partial charge in [-0.2, -0.15) is 0 Å². The van der Waals surface area contributed by atoms with Gasteiger partial charge in [0.25, 0.3) is 0 Å². The average molecular weight is 435 g/mol. The van der Waals surface area contributed by atoms with Crippen LogP contribution in [0.3, 0.4) is 0 Å². The molecule has 0 radical (unpaired) electrons. The Bertz CT molecular complexity index is 991. The highest BCUT2D eigenvalue weighted by molar-refractivity contribution is 6.07. The molecule has 2 aromatic rings. The molecule has 0 amide bonds. The van der Waals surface area contributed by atoms with Crippen LogP contribution in [-0.2, 0) is 6.42 Å². The van der Waals surface area contributed by atoms with Crippen molar-refractivity contribution >= 4 is 11.9 Å². The first-order valence-electron chi connectivity index (χ1n) is 10.8. The van der Waals surface area contributed by atoms with Crippen molar-refractivity contribution < 1.29 is 19.0 Å². The van der Waals surface area contributed by atoms with Crippen LogP contribution in [0.4, 0.5) is 0 Å². The first kappa shape index (κ1) is 25.0. The molecular weight excluding hydrogens is 400 g/mol. The minimum absolute atomic E-state index is 0.0814. The van der Waals surface area contributed by atoms with Crippen molar-refractivity contribution in [2.24, 2.45) is 0 Å². The largest absolute Gasteiger partial charge is 0.497 e. The number of carbonyl (C=O) groups is 1. The third-order valence-electron chi connectivity index (χ3n) is 5.18. The van der Waals surface area contributed by atoms with Crippen LogP contribution in [0.2, 0.25) is 0 Å². The third kappa shape index (κ3) is 7.45. The number of hydrogen-bond acceptors (Lipinski definition) is 4. The minimum Gasteiger partial charge on any atom is -0.497 e. The van der Waals surface area contributed by atoms with Gasteiger partial charge in [-0.25, -0.2) is 0 Å². The first-order chi connectivity index (χ1) is 15.4. The lowest BCUT2D eigenvalue weighted by Crippen LogP contribution is -1.97. The van der Waals surface area contributed by atoms with E-state index in [9.17, 15) is 4.79 Å². The third-order valence-corrected chi connectivity index (χ3v) is 5.18. The zero-order chi connectivity index (χ0) is 23.5. The average Bonchev–Trinajstić information content (AvgIpc) is 2.80. The summed E-state index contributed by atoms with van der Waals surface area (Å²) in [7, 11) is 4.88. The van der Waals surface area contributed by atoms with Gasteiger partial charge in [0.15, 0.2) is 5.78 Å². The van der Waals surface area contributed by atoms with Gasteiger partial charge in [0.05, 0.1) is 21.3 Å². The van der Waals surface area contributed by atoms with E-state index >= 15 is 0 Å². The highest BCUT2D eigenvalue weighted by Crippen LogP contribution is 2.31. The highest BCUT2D eigenvalue weighted by Gasteiger charge is 2.10. The number of methoxy groups -OCH3 is 3. The Labute approximate surface area is 192 Å². The fraction of sp³-hybridized carbons (Fsp3) is 0.321. The second-order valence-electron chi connectivity index (χ2n) is 7.91. The summed E-state index contributed by atoms with van der Waals surface area (Å²) in [6.07, 6.45) is 10.7. The molecular formula is C28H34O4. The summed E-state index contributed by atoms with van der Waals surface area (Å²) in [5.41, 5.74) is 5.17. The van der Waals surface area contributed by atoms with Gasteiger partial charge in [-0.3, -0.25) is 4.79 Å². The van der Waals surface area contributed by atoms with E-state index in [0.717, 1.165) is 41.9 Å². The monoisotopic (exact) mass is 434 g/mol. The molecule has 2 rings (SSSR count). The normalized spacial score (nSPS) is 11.4. The minimum atomic E-state index is -0.0814. The first-order valence-corrected chi connectivity index (χ1v) is 10.8. The predicted octanol–water partition coefficient (Wildman–Crippen LogP) is 6.84. The van der Waals surface area contributed by atoms with Crippen LogP contribution in [0.15, 0.2) is 65.8 Å². The summed E-state index contributed by atoms with van der Waals surface area (Å²) in [4.78, 5) is 12.6. The van der Waals surface area contributed by atoms with Gasteiger partial charge in [-0.1, -0.05) is 23.3 Å². The van der Waals surface area contributed by atoms with Gasteiger partial charge < -0.3 is 14.2 Å². The SMILES string of the molecule is COc1ccc(C(=O)/C=C/c2cc(C/C=C(\C)CCC=C(C)C)c(OC)cc2OC)cc1. The van der Waals surface area contributed by atoms with E-state index in [-0.39, 0.29) is 5.78 Å². The van der Waals surface area contributed by atoms with Crippen LogP contribution < -0.4 is 14.2 Å². The number of rotatable bonds is 11. The van der Waals surface area contributed by atoms with E-state index in [4.69, 9.17) is 14.2 Å². The maximum Gasteiger partial charge on any atom is 0.185 e. The van der Waals surface area contributed by atoms with Crippen LogP contribution in [0, 0.1) is 0 Å². The summed E-state index contributed by atoms with van der Waals surface area (Å²) in [5.74, 6) is 2.07. The molecule has 4 nitrogen and oxygen atoms in total. The smallest absolute Gasteiger partial charge is 0.185 e. The molecule has 0 aliphatic heterocycles. The molecule has 0 N–H and O–H groups in total. The van der Waals surface area contributed by atoms with Crippen LogP contribution in [0.25, 0.3) is 6.08 Å². The Morgan fingerprint density at radius 1 is 0.875 bits per heavy atom. The second kappa shape index (κ2) is 12.6. The molecule has 0 fully saturated rings. The summed E-state index contributed by atoms with van der Waals surface area (Å²) >= 11 is 0. The van der Waals surface area contributed by atoms with Gasteiger partial charge in [0.1, 0.15) is 17.2 Å². The Balaban J connectivity index is 2.23. The molecule has 0 spiro atoms. The van der Waals surface area contributed by atoms with Crippen molar-refractivity contribution in [3.8, 4) is 17.2 Å². The number of ketones is 1. The van der Waals surface area contributed by atoms with Crippen molar-refractivity contribution in [3.05, 3.63) is 82.5 Å². The Morgan fingerprint density at radius 2 is 1.56 bits per heavy atom. The summed E-state index contributed by atoms with van der Waals surface area (Å²) in [6.45, 7) is 6.40. The van der Waals surface area contributed by atoms with Crippen LogP contribution in [-0.4, -0.2) is 27.1 Å².